The number of aromatic nitrogens is 1. The van der Waals surface area contributed by atoms with Crippen molar-refractivity contribution in [2.45, 2.75) is 103 Å². The Morgan fingerprint density at radius 3 is 2.28 bits per heavy atom. The van der Waals surface area contributed by atoms with Crippen LogP contribution in [0, 0.1) is 23.6 Å². The number of fused-ring (bicyclic) bond motifs is 4. The van der Waals surface area contributed by atoms with Gasteiger partial charge in [-0.2, -0.15) is 5.16 Å². The summed E-state index contributed by atoms with van der Waals surface area (Å²) in [5.41, 5.74) is -1.65. The van der Waals surface area contributed by atoms with Crippen LogP contribution in [-0.2, 0) is 28.8 Å². The number of carbonyl (C=O) groups excluding carboxylic acids is 3. The molecule has 1 unspecified atom stereocenters. The number of aromatic amines is 1. The van der Waals surface area contributed by atoms with Crippen LogP contribution in [0.4, 0.5) is 4.39 Å². The van der Waals surface area contributed by atoms with Crippen LogP contribution < -0.4 is 10.3 Å². The summed E-state index contributed by atoms with van der Waals surface area (Å²) in [6.07, 6.45) is 2.04. The lowest BCUT2D eigenvalue weighted by Crippen LogP contribution is -2.71. The highest BCUT2D eigenvalue weighted by atomic mass is 79.9. The smallest absolute Gasteiger partial charge is 0.291 e. The van der Waals surface area contributed by atoms with Crippen molar-refractivity contribution in [3.05, 3.63) is 84.6 Å². The third-order valence-corrected chi connectivity index (χ3v) is 17.4. The minimum Gasteiger partial charge on any atom is -0.487 e. The molecule has 0 saturated heterocycles. The molecule has 3 aromatic rings. The van der Waals surface area contributed by atoms with Gasteiger partial charge < -0.3 is 13.7 Å². The van der Waals surface area contributed by atoms with Crippen LogP contribution >= 0.6 is 15.9 Å². The Morgan fingerprint density at radius 1 is 1.04 bits per heavy atom. The Morgan fingerprint density at radius 2 is 1.69 bits per heavy atom. The fourth-order valence-corrected chi connectivity index (χ4v) is 10.7. The van der Waals surface area contributed by atoms with Crippen molar-refractivity contribution >= 4 is 41.6 Å². The van der Waals surface area contributed by atoms with Gasteiger partial charge in [-0.15, -0.1) is 0 Å². The summed E-state index contributed by atoms with van der Waals surface area (Å²) in [4.78, 5) is 62.9. The van der Waals surface area contributed by atoms with Crippen molar-refractivity contribution < 1.29 is 32.5 Å². The third kappa shape index (κ3) is 6.61. The van der Waals surface area contributed by atoms with Crippen LogP contribution in [0.15, 0.2) is 44.1 Å². The molecule has 6 rings (SSSR count). The van der Waals surface area contributed by atoms with Gasteiger partial charge in [-0.3, -0.25) is 29.0 Å². The van der Waals surface area contributed by atoms with Crippen molar-refractivity contribution in [3.8, 4) is 5.75 Å². The minimum absolute atomic E-state index is 0.0152. The van der Waals surface area contributed by atoms with E-state index >= 15 is 14.0 Å². The molecule has 2 aromatic carbocycles. The Kier molecular flexibility index (Phi) is 11.2. The van der Waals surface area contributed by atoms with Gasteiger partial charge in [0.2, 0.25) is 5.78 Å². The van der Waals surface area contributed by atoms with E-state index in [-0.39, 0.29) is 47.6 Å². The van der Waals surface area contributed by atoms with Crippen molar-refractivity contribution in [2.24, 2.45) is 17.8 Å². The second-order valence-corrected chi connectivity index (χ2v) is 22.5. The van der Waals surface area contributed by atoms with Crippen molar-refractivity contribution in [1.29, 1.82) is 0 Å². The molecule has 1 fully saturated rings. The highest BCUT2D eigenvalue weighted by Crippen LogP contribution is 2.58. The van der Waals surface area contributed by atoms with E-state index in [1.807, 2.05) is 69.1 Å². The van der Waals surface area contributed by atoms with E-state index in [2.05, 4.69) is 39.8 Å². The minimum atomic E-state index is -2.95. The fraction of sp³-hybridized carbons (Fsp3) is 0.561. The Hall–Kier alpha value is -3.23. The lowest BCUT2D eigenvalue weighted by Gasteiger charge is -2.56. The summed E-state index contributed by atoms with van der Waals surface area (Å²) in [5, 5.41) is 1.89. The van der Waals surface area contributed by atoms with Crippen LogP contribution in [0.1, 0.15) is 103 Å². The number of hydrogen-bond acceptors (Lipinski definition) is 9. The monoisotopic (exact) mass is 825 g/mol. The second-order valence-electron chi connectivity index (χ2n) is 17.0. The van der Waals surface area contributed by atoms with E-state index in [0.29, 0.717) is 16.6 Å². The molecule has 0 aliphatic heterocycles. The van der Waals surface area contributed by atoms with E-state index in [0.717, 1.165) is 31.5 Å². The van der Waals surface area contributed by atoms with Gasteiger partial charge in [0.25, 0.3) is 5.56 Å². The van der Waals surface area contributed by atoms with Crippen LogP contribution in [0.2, 0.25) is 18.1 Å². The number of nitrogens with one attached hydrogen (secondary N) is 1. The summed E-state index contributed by atoms with van der Waals surface area (Å²) < 4.78 is 36.7. The SMILES string of the molecule is CCCN(CCC)Cc1c(F)c2c(c(OCc3ccccc3)c1Br)C(=O)C1C(=O)[C@]3(O[Si](C)(C)C(C)(C)C)C(=O)c4c(o[nH]c4=O)[C@@H](N(C)C)[C@@H]3C[C@@H]1C2. The Bertz CT molecular complexity index is 2000. The van der Waals surface area contributed by atoms with Crippen LogP contribution in [0.25, 0.3) is 0 Å². The molecule has 5 atom stereocenters. The number of hydrogen-bond donors (Lipinski definition) is 1. The van der Waals surface area contributed by atoms with Crippen LogP contribution in [0.5, 0.6) is 5.75 Å². The third-order valence-electron chi connectivity index (χ3n) is 12.1. The van der Waals surface area contributed by atoms with E-state index in [1.54, 1.807) is 14.1 Å². The summed E-state index contributed by atoms with van der Waals surface area (Å²) in [5.74, 6) is -5.01. The molecule has 0 spiro atoms. The number of rotatable bonds is 12. The molecular formula is C41H53BrFN3O7Si. The highest BCUT2D eigenvalue weighted by Gasteiger charge is 2.70. The molecule has 292 valence electrons. The zero-order valence-corrected chi connectivity index (χ0v) is 35.4. The molecule has 0 radical (unpaired) electrons. The van der Waals surface area contributed by atoms with E-state index in [4.69, 9.17) is 13.7 Å². The molecule has 13 heteroatoms. The Labute approximate surface area is 326 Å². The number of ketones is 3. The van der Waals surface area contributed by atoms with Crippen LogP contribution in [0.3, 0.4) is 0 Å². The first-order chi connectivity index (χ1) is 25.4. The normalized spacial score (nSPS) is 24.1. The molecule has 54 heavy (non-hydrogen) atoms. The van der Waals surface area contributed by atoms with Gasteiger partial charge in [-0.25, -0.2) is 4.39 Å². The average Bonchev–Trinajstić information content (AvgIpc) is 3.48. The van der Waals surface area contributed by atoms with Crippen LogP contribution in [-0.4, -0.2) is 73.4 Å². The van der Waals surface area contributed by atoms with Gasteiger partial charge in [0, 0.05) is 23.6 Å². The van der Waals surface area contributed by atoms with Gasteiger partial charge in [-0.1, -0.05) is 65.0 Å². The van der Waals surface area contributed by atoms with Gasteiger partial charge in [0.15, 0.2) is 31.2 Å². The summed E-state index contributed by atoms with van der Waals surface area (Å²) in [6.45, 7) is 16.0. The number of nitrogens with zero attached hydrogens (tertiary/aromatic N) is 2. The molecule has 3 aliphatic rings. The Balaban J connectivity index is 1.55. The lowest BCUT2D eigenvalue weighted by molar-refractivity contribution is -0.151. The fourth-order valence-electron chi connectivity index (χ4n) is 8.62. The maximum Gasteiger partial charge on any atom is 0.291 e. The summed E-state index contributed by atoms with van der Waals surface area (Å²) >= 11 is 3.67. The maximum absolute atomic E-state index is 17.2. The molecule has 10 nitrogen and oxygen atoms in total. The predicted molar refractivity (Wildman–Crippen MR) is 210 cm³/mol. The molecule has 1 saturated carbocycles. The first-order valence-electron chi connectivity index (χ1n) is 19.0. The number of carbonyl (C=O) groups is 3. The van der Waals surface area contributed by atoms with Gasteiger partial charge in [0.05, 0.1) is 22.0 Å². The quantitative estimate of drug-likeness (QED) is 0.144. The zero-order valence-electron chi connectivity index (χ0n) is 32.9. The van der Waals surface area contributed by atoms with E-state index in [9.17, 15) is 9.59 Å². The molecule has 3 aliphatic carbocycles. The molecular weight excluding hydrogens is 773 g/mol. The van der Waals surface area contributed by atoms with E-state index in [1.165, 1.54) is 0 Å². The maximum atomic E-state index is 17.2. The molecule has 0 amide bonds. The van der Waals surface area contributed by atoms with Gasteiger partial charge in [0.1, 0.15) is 23.7 Å². The highest BCUT2D eigenvalue weighted by molar-refractivity contribution is 9.10. The molecule has 1 aromatic heterocycles. The standard InChI is InChI=1S/C41H53BrFN3O7Si/c1-10-17-46(18-11-2)21-26-31(42)35(51-22-23-15-13-12-14-16-23)29-25(32(26)43)19-24-20-27-33(45(6)7)36-30(39(50)44-52-36)38(49)41(27,37(48)28(24)34(29)47)53-54(8,9)40(3,4)5/h12-16,24,27-28,33H,10-11,17-22H2,1-9H3,(H,44,50)/t24-,27-,28?,33-,41-/m0/s1. The summed E-state index contributed by atoms with van der Waals surface area (Å²) in [6, 6.07) is 8.77. The van der Waals surface area contributed by atoms with Crippen molar-refractivity contribution in [2.75, 3.05) is 27.2 Å². The first-order valence-corrected chi connectivity index (χ1v) is 22.7. The predicted octanol–water partition coefficient (Wildman–Crippen LogP) is 7.89. The summed E-state index contributed by atoms with van der Waals surface area (Å²) in [7, 11) is 0.639. The van der Waals surface area contributed by atoms with Crippen molar-refractivity contribution in [1.82, 2.24) is 15.0 Å². The van der Waals surface area contributed by atoms with Crippen molar-refractivity contribution in [3.63, 3.8) is 0 Å². The lowest BCUT2D eigenvalue weighted by atomic mass is 9.54. The van der Waals surface area contributed by atoms with E-state index < -0.39 is 71.5 Å². The first kappa shape index (κ1) is 40.4. The topological polar surface area (TPSA) is 122 Å². The zero-order chi connectivity index (χ0) is 39.5. The molecule has 1 heterocycles. The van der Waals surface area contributed by atoms with Gasteiger partial charge in [-0.05, 0) is 98.4 Å². The number of benzene rings is 2. The van der Waals surface area contributed by atoms with Gasteiger partial charge >= 0.3 is 0 Å². The number of Topliss-reactive ketones (excluding diaryl/α,β-unsaturated/α-hetero) is 3. The number of halogens is 2. The molecule has 0 bridgehead atoms. The average molecular weight is 827 g/mol. The number of H-pyrrole nitrogens is 1. The second kappa shape index (κ2) is 15.0. The molecule has 1 N–H and O–H groups in total. The largest absolute Gasteiger partial charge is 0.487 e. The number of ether oxygens (including phenoxy) is 1.